The summed E-state index contributed by atoms with van der Waals surface area (Å²) in [5.41, 5.74) is -0.556. The molecule has 0 aliphatic heterocycles. The van der Waals surface area contributed by atoms with E-state index >= 15 is 0 Å². The van der Waals surface area contributed by atoms with Crippen LogP contribution in [0.15, 0.2) is 5.16 Å². The molecule has 1 heterocycles. The van der Waals surface area contributed by atoms with Crippen LogP contribution in [0.3, 0.4) is 0 Å². The number of nitrogens with one attached hydrogen (secondary N) is 1. The molecule has 0 radical (unpaired) electrons. The first kappa shape index (κ1) is 13.3. The van der Waals surface area contributed by atoms with E-state index in [4.69, 9.17) is 0 Å². The van der Waals surface area contributed by atoms with E-state index in [1.165, 1.54) is 11.8 Å². The first-order valence-electron chi connectivity index (χ1n) is 6.14. The Morgan fingerprint density at radius 3 is 2.89 bits per heavy atom. The Hall–Kier alpha value is -1.13. The Morgan fingerprint density at radius 2 is 2.33 bits per heavy atom. The lowest BCUT2D eigenvalue weighted by molar-refractivity contribution is 0.442. The molecule has 98 valence electrons. The third-order valence-corrected chi connectivity index (χ3v) is 3.95. The molecule has 1 aliphatic rings. The van der Waals surface area contributed by atoms with Crippen LogP contribution in [-0.2, 0) is 0 Å². The zero-order valence-corrected chi connectivity index (χ0v) is 11.7. The van der Waals surface area contributed by atoms with E-state index in [0.717, 1.165) is 18.0 Å². The van der Waals surface area contributed by atoms with Gasteiger partial charge in [0, 0.05) is 11.8 Å². The molecule has 0 bridgehead atoms. The van der Waals surface area contributed by atoms with Gasteiger partial charge in [-0.3, -0.25) is 5.32 Å². The Morgan fingerprint density at radius 1 is 1.61 bits per heavy atom. The van der Waals surface area contributed by atoms with E-state index in [0.29, 0.717) is 11.8 Å². The van der Waals surface area contributed by atoms with Crippen LogP contribution >= 0.6 is 11.8 Å². The van der Waals surface area contributed by atoms with Gasteiger partial charge in [0.2, 0.25) is 5.16 Å². The minimum Gasteiger partial charge on any atom is -0.297 e. The summed E-state index contributed by atoms with van der Waals surface area (Å²) in [5.74, 6) is 0.634. The van der Waals surface area contributed by atoms with Crippen molar-refractivity contribution in [2.75, 3.05) is 5.75 Å². The number of rotatable bonds is 6. The quantitative estimate of drug-likeness (QED) is 0.784. The van der Waals surface area contributed by atoms with E-state index in [9.17, 15) is 5.26 Å². The lowest BCUT2D eigenvalue weighted by atomic mass is 10.1. The number of nitriles is 1. The highest BCUT2D eigenvalue weighted by Crippen LogP contribution is 2.36. The van der Waals surface area contributed by atoms with Gasteiger partial charge in [0.05, 0.1) is 12.1 Å². The van der Waals surface area contributed by atoms with Crippen LogP contribution in [0, 0.1) is 11.3 Å². The average molecular weight is 266 g/mol. The summed E-state index contributed by atoms with van der Waals surface area (Å²) in [6, 6.07) is 3.07. The molecule has 0 spiro atoms. The number of aromatic nitrogens is 4. The average Bonchev–Trinajstić information content (AvgIpc) is 3.05. The van der Waals surface area contributed by atoms with Crippen molar-refractivity contribution in [3.63, 3.8) is 0 Å². The summed E-state index contributed by atoms with van der Waals surface area (Å²) in [6.07, 6.45) is 2.30. The minimum absolute atomic E-state index is 0.273. The molecule has 6 nitrogen and oxygen atoms in total. The Balaban J connectivity index is 1.97. The Labute approximate surface area is 111 Å². The Kier molecular flexibility index (Phi) is 3.88. The van der Waals surface area contributed by atoms with Gasteiger partial charge in [0.15, 0.2) is 0 Å². The second kappa shape index (κ2) is 5.24. The van der Waals surface area contributed by atoms with Crippen molar-refractivity contribution in [3.05, 3.63) is 0 Å². The van der Waals surface area contributed by atoms with Gasteiger partial charge in [-0.2, -0.15) is 5.26 Å². The first-order valence-corrected chi connectivity index (χ1v) is 7.12. The van der Waals surface area contributed by atoms with Crippen molar-refractivity contribution in [2.24, 2.45) is 0 Å². The summed E-state index contributed by atoms with van der Waals surface area (Å²) in [6.45, 7) is 5.98. The van der Waals surface area contributed by atoms with E-state index < -0.39 is 5.54 Å². The molecule has 1 aliphatic carbocycles. The van der Waals surface area contributed by atoms with Crippen LogP contribution in [0.4, 0.5) is 0 Å². The highest BCUT2D eigenvalue weighted by molar-refractivity contribution is 7.99. The van der Waals surface area contributed by atoms with Crippen LogP contribution < -0.4 is 5.32 Å². The largest absolute Gasteiger partial charge is 0.297 e. The molecule has 0 saturated heterocycles. The van der Waals surface area contributed by atoms with Gasteiger partial charge in [-0.25, -0.2) is 4.68 Å². The van der Waals surface area contributed by atoms with E-state index in [1.807, 2.05) is 25.5 Å². The van der Waals surface area contributed by atoms with Gasteiger partial charge in [-0.05, 0) is 44.0 Å². The van der Waals surface area contributed by atoms with Crippen LogP contribution in [0.5, 0.6) is 0 Å². The molecule has 1 saturated carbocycles. The van der Waals surface area contributed by atoms with Crippen molar-refractivity contribution < 1.29 is 0 Å². The van der Waals surface area contributed by atoms with Gasteiger partial charge in [-0.15, -0.1) is 5.10 Å². The summed E-state index contributed by atoms with van der Waals surface area (Å²) in [7, 11) is 0. The third kappa shape index (κ3) is 3.21. The van der Waals surface area contributed by atoms with Crippen molar-refractivity contribution in [2.45, 2.75) is 56.4 Å². The Bertz CT molecular complexity index is 447. The fourth-order valence-electron chi connectivity index (χ4n) is 1.78. The topological polar surface area (TPSA) is 79.4 Å². The molecule has 0 aromatic carbocycles. The predicted molar refractivity (Wildman–Crippen MR) is 69.1 cm³/mol. The molecule has 1 N–H and O–H groups in total. The normalized spacial score (nSPS) is 18.6. The summed E-state index contributed by atoms with van der Waals surface area (Å²) >= 11 is 1.54. The highest BCUT2D eigenvalue weighted by atomic mass is 32.2. The van der Waals surface area contributed by atoms with Crippen molar-refractivity contribution in [3.8, 4) is 6.07 Å². The van der Waals surface area contributed by atoms with Crippen molar-refractivity contribution in [1.29, 1.82) is 5.26 Å². The number of hydrogen-bond donors (Lipinski definition) is 1. The summed E-state index contributed by atoms with van der Waals surface area (Å²) in [4.78, 5) is 0. The molecule has 1 atom stereocenters. The second-order valence-electron chi connectivity index (χ2n) is 5.17. The molecule has 1 unspecified atom stereocenters. The van der Waals surface area contributed by atoms with E-state index in [-0.39, 0.29) is 6.04 Å². The SMILES string of the molecule is CC(C)NC(C)(C#N)CSc1nnnn1C1CC1. The maximum Gasteiger partial charge on any atom is 0.209 e. The maximum atomic E-state index is 9.27. The number of tetrazole rings is 1. The lowest BCUT2D eigenvalue weighted by Gasteiger charge is -2.25. The molecule has 18 heavy (non-hydrogen) atoms. The summed E-state index contributed by atoms with van der Waals surface area (Å²) in [5, 5.41) is 25.1. The maximum absolute atomic E-state index is 9.27. The fraction of sp³-hybridized carbons (Fsp3) is 0.818. The third-order valence-electron chi connectivity index (χ3n) is 2.70. The highest BCUT2D eigenvalue weighted by Gasteiger charge is 2.30. The van der Waals surface area contributed by atoms with Crippen LogP contribution in [0.1, 0.15) is 39.7 Å². The standard InChI is InChI=1S/C11H18N6S/c1-8(2)13-11(3,6-12)7-18-10-14-15-16-17(10)9-4-5-9/h8-9,13H,4-5,7H2,1-3H3. The smallest absolute Gasteiger partial charge is 0.209 e. The fourth-order valence-corrected chi connectivity index (χ4v) is 2.76. The molecule has 0 amide bonds. The molecule has 1 fully saturated rings. The molecular formula is C11H18N6S. The second-order valence-corrected chi connectivity index (χ2v) is 6.11. The number of hydrogen-bond acceptors (Lipinski definition) is 6. The first-order chi connectivity index (χ1) is 8.54. The zero-order valence-electron chi connectivity index (χ0n) is 10.9. The molecular weight excluding hydrogens is 248 g/mol. The lowest BCUT2D eigenvalue weighted by Crippen LogP contribution is -2.47. The van der Waals surface area contributed by atoms with Crippen LogP contribution in [-0.4, -0.2) is 37.5 Å². The van der Waals surface area contributed by atoms with E-state index in [2.05, 4.69) is 26.9 Å². The zero-order chi connectivity index (χ0) is 13.2. The predicted octanol–water partition coefficient (Wildman–Crippen LogP) is 1.38. The molecule has 2 rings (SSSR count). The van der Waals surface area contributed by atoms with Gasteiger partial charge >= 0.3 is 0 Å². The van der Waals surface area contributed by atoms with Gasteiger partial charge in [0.25, 0.3) is 0 Å². The number of thioether (sulfide) groups is 1. The van der Waals surface area contributed by atoms with Crippen LogP contribution in [0.2, 0.25) is 0 Å². The van der Waals surface area contributed by atoms with Gasteiger partial charge in [0.1, 0.15) is 5.54 Å². The van der Waals surface area contributed by atoms with Gasteiger partial charge < -0.3 is 0 Å². The van der Waals surface area contributed by atoms with Gasteiger partial charge in [-0.1, -0.05) is 11.8 Å². The monoisotopic (exact) mass is 266 g/mol. The van der Waals surface area contributed by atoms with Crippen molar-refractivity contribution >= 4 is 11.8 Å². The minimum atomic E-state index is -0.556. The molecule has 7 heteroatoms. The molecule has 1 aromatic rings. The summed E-state index contributed by atoms with van der Waals surface area (Å²) < 4.78 is 1.87. The van der Waals surface area contributed by atoms with E-state index in [1.54, 1.807) is 0 Å². The van der Waals surface area contributed by atoms with Crippen LogP contribution in [0.25, 0.3) is 0 Å². The number of nitrogens with zero attached hydrogens (tertiary/aromatic N) is 5. The molecule has 1 aromatic heterocycles. The van der Waals surface area contributed by atoms with Crippen molar-refractivity contribution in [1.82, 2.24) is 25.5 Å².